The number of hydrogen-bond acceptors (Lipinski definition) is 4. The molecule has 0 aliphatic rings. The van der Waals surface area contributed by atoms with Crippen molar-refractivity contribution in [3.05, 3.63) is 24.0 Å². The summed E-state index contributed by atoms with van der Waals surface area (Å²) in [5.74, 6) is 0.0912. The summed E-state index contributed by atoms with van der Waals surface area (Å²) in [6.45, 7) is 5.97. The first-order valence-electron chi connectivity index (χ1n) is 6.46. The van der Waals surface area contributed by atoms with E-state index in [9.17, 15) is 4.79 Å². The number of anilines is 1. The summed E-state index contributed by atoms with van der Waals surface area (Å²) in [6, 6.07) is 3.85. The molecule has 0 amide bonds. The number of aryl methyl sites for hydroxylation is 1. The van der Waals surface area contributed by atoms with Crippen LogP contribution in [0.3, 0.4) is 0 Å². The fourth-order valence-corrected chi connectivity index (χ4v) is 1.99. The monoisotopic (exact) mass is 262 g/mol. The van der Waals surface area contributed by atoms with Crippen molar-refractivity contribution in [1.29, 1.82) is 0 Å². The van der Waals surface area contributed by atoms with Crippen LogP contribution in [0, 0.1) is 0 Å². The minimum absolute atomic E-state index is 0.0901. The van der Waals surface area contributed by atoms with Gasteiger partial charge in [0.2, 0.25) is 0 Å². The molecule has 0 radical (unpaired) electrons. The Balaban J connectivity index is 2.25. The molecule has 0 spiro atoms. The molecule has 2 aromatic heterocycles. The molecular formula is C13H18N4O2. The average molecular weight is 262 g/mol. The summed E-state index contributed by atoms with van der Waals surface area (Å²) < 4.78 is 1.71. The van der Waals surface area contributed by atoms with Crippen molar-refractivity contribution in [2.24, 2.45) is 0 Å². The van der Waals surface area contributed by atoms with Crippen molar-refractivity contribution >= 4 is 17.4 Å². The van der Waals surface area contributed by atoms with Crippen molar-refractivity contribution in [3.63, 3.8) is 0 Å². The van der Waals surface area contributed by atoms with Crippen molar-refractivity contribution in [2.75, 3.05) is 18.0 Å². The van der Waals surface area contributed by atoms with E-state index >= 15 is 0 Å². The lowest BCUT2D eigenvalue weighted by molar-refractivity contribution is -0.136. The van der Waals surface area contributed by atoms with Gasteiger partial charge in [0.05, 0.1) is 18.3 Å². The first-order valence-corrected chi connectivity index (χ1v) is 6.46. The SMILES string of the molecule is CCN(CC)c1ccc2nc(CCC(=O)O)cn2n1. The summed E-state index contributed by atoms with van der Waals surface area (Å²) in [5.41, 5.74) is 1.50. The Labute approximate surface area is 111 Å². The van der Waals surface area contributed by atoms with Gasteiger partial charge < -0.3 is 10.0 Å². The molecule has 2 rings (SSSR count). The maximum atomic E-state index is 10.6. The zero-order valence-corrected chi connectivity index (χ0v) is 11.2. The Hall–Kier alpha value is -2.11. The summed E-state index contributed by atoms with van der Waals surface area (Å²) in [7, 11) is 0. The van der Waals surface area contributed by atoms with Crippen LogP contribution in [-0.2, 0) is 11.2 Å². The van der Waals surface area contributed by atoms with E-state index < -0.39 is 5.97 Å². The number of carboxylic acids is 1. The molecule has 102 valence electrons. The Morgan fingerprint density at radius 1 is 1.37 bits per heavy atom. The van der Waals surface area contributed by atoms with E-state index in [-0.39, 0.29) is 6.42 Å². The maximum Gasteiger partial charge on any atom is 0.303 e. The number of aliphatic carboxylic acids is 1. The normalized spacial score (nSPS) is 10.8. The van der Waals surface area contributed by atoms with Gasteiger partial charge >= 0.3 is 5.97 Å². The highest BCUT2D eigenvalue weighted by molar-refractivity contribution is 5.67. The first kappa shape index (κ1) is 13.3. The van der Waals surface area contributed by atoms with Crippen LogP contribution in [0.15, 0.2) is 18.3 Å². The van der Waals surface area contributed by atoms with Crippen molar-refractivity contribution in [1.82, 2.24) is 14.6 Å². The van der Waals surface area contributed by atoms with Gasteiger partial charge in [0.1, 0.15) is 5.82 Å². The molecule has 0 saturated carbocycles. The molecule has 0 aliphatic carbocycles. The molecular weight excluding hydrogens is 244 g/mol. The van der Waals surface area contributed by atoms with E-state index in [4.69, 9.17) is 5.11 Å². The zero-order chi connectivity index (χ0) is 13.8. The molecule has 6 nitrogen and oxygen atoms in total. The van der Waals surface area contributed by atoms with E-state index in [1.807, 2.05) is 12.1 Å². The summed E-state index contributed by atoms with van der Waals surface area (Å²) in [4.78, 5) is 17.1. The van der Waals surface area contributed by atoms with Gasteiger partial charge in [0, 0.05) is 19.5 Å². The van der Waals surface area contributed by atoms with Crippen molar-refractivity contribution in [3.8, 4) is 0 Å². The lowest BCUT2D eigenvalue weighted by Crippen LogP contribution is -2.23. The number of rotatable bonds is 6. The minimum Gasteiger partial charge on any atom is -0.481 e. The number of imidazole rings is 1. The van der Waals surface area contributed by atoms with E-state index in [1.165, 1.54) is 0 Å². The van der Waals surface area contributed by atoms with Crippen LogP contribution >= 0.6 is 0 Å². The van der Waals surface area contributed by atoms with Gasteiger partial charge in [-0.05, 0) is 26.0 Å². The molecule has 0 saturated heterocycles. The standard InChI is InChI=1S/C13H18N4O2/c1-3-16(4-2)12-7-6-11-14-10(5-8-13(18)19)9-17(11)15-12/h6-7,9H,3-5,8H2,1-2H3,(H,18,19). The highest BCUT2D eigenvalue weighted by atomic mass is 16.4. The predicted molar refractivity (Wildman–Crippen MR) is 72.5 cm³/mol. The molecule has 2 aromatic rings. The summed E-state index contributed by atoms with van der Waals surface area (Å²) in [6.07, 6.45) is 2.32. The van der Waals surface area contributed by atoms with Crippen molar-refractivity contribution in [2.45, 2.75) is 26.7 Å². The van der Waals surface area contributed by atoms with Gasteiger partial charge in [-0.15, -0.1) is 5.10 Å². The second-order valence-corrected chi connectivity index (χ2v) is 4.29. The summed E-state index contributed by atoms with van der Waals surface area (Å²) >= 11 is 0. The van der Waals surface area contributed by atoms with Gasteiger partial charge in [-0.3, -0.25) is 4.79 Å². The molecule has 6 heteroatoms. The highest BCUT2D eigenvalue weighted by Crippen LogP contribution is 2.13. The second-order valence-electron chi connectivity index (χ2n) is 4.29. The number of hydrogen-bond donors (Lipinski definition) is 1. The lowest BCUT2D eigenvalue weighted by Gasteiger charge is -2.19. The molecule has 1 N–H and O–H groups in total. The third-order valence-corrected chi connectivity index (χ3v) is 3.04. The zero-order valence-electron chi connectivity index (χ0n) is 11.2. The van der Waals surface area contributed by atoms with Crippen LogP contribution in [0.2, 0.25) is 0 Å². The molecule has 0 fully saturated rings. The fraction of sp³-hybridized carbons (Fsp3) is 0.462. The number of carboxylic acid groups (broad SMARTS) is 1. The second kappa shape index (κ2) is 5.69. The van der Waals surface area contributed by atoms with Gasteiger partial charge in [0.15, 0.2) is 5.65 Å². The quantitative estimate of drug-likeness (QED) is 0.856. The smallest absolute Gasteiger partial charge is 0.303 e. The Morgan fingerprint density at radius 2 is 2.11 bits per heavy atom. The number of carbonyl (C=O) groups is 1. The number of nitrogens with zero attached hydrogens (tertiary/aromatic N) is 4. The molecule has 0 unspecified atom stereocenters. The van der Waals surface area contributed by atoms with Gasteiger partial charge in [-0.2, -0.15) is 0 Å². The van der Waals surface area contributed by atoms with Crippen LogP contribution in [0.1, 0.15) is 26.0 Å². The Kier molecular flexibility index (Phi) is 3.99. The van der Waals surface area contributed by atoms with Crippen molar-refractivity contribution < 1.29 is 9.90 Å². The van der Waals surface area contributed by atoms with Crippen LogP contribution < -0.4 is 4.90 Å². The van der Waals surface area contributed by atoms with E-state index in [2.05, 4.69) is 28.8 Å². The lowest BCUT2D eigenvalue weighted by atomic mass is 10.2. The van der Waals surface area contributed by atoms with Gasteiger partial charge in [-0.1, -0.05) is 0 Å². The predicted octanol–water partition coefficient (Wildman–Crippen LogP) is 1.59. The minimum atomic E-state index is -0.811. The average Bonchev–Trinajstić information content (AvgIpc) is 2.80. The van der Waals surface area contributed by atoms with E-state index in [0.717, 1.165) is 30.2 Å². The number of aromatic nitrogens is 3. The largest absolute Gasteiger partial charge is 0.481 e. The van der Waals surface area contributed by atoms with Crippen LogP contribution in [0.5, 0.6) is 0 Å². The Morgan fingerprint density at radius 3 is 2.74 bits per heavy atom. The molecule has 0 aliphatic heterocycles. The molecule has 19 heavy (non-hydrogen) atoms. The third kappa shape index (κ3) is 3.01. The van der Waals surface area contributed by atoms with Crippen LogP contribution in [0.4, 0.5) is 5.82 Å². The van der Waals surface area contributed by atoms with E-state index in [1.54, 1.807) is 10.7 Å². The number of fused-ring (bicyclic) bond motifs is 1. The Bertz CT molecular complexity index is 575. The topological polar surface area (TPSA) is 70.7 Å². The maximum absolute atomic E-state index is 10.6. The molecule has 0 atom stereocenters. The van der Waals surface area contributed by atoms with Gasteiger partial charge in [0.25, 0.3) is 0 Å². The highest BCUT2D eigenvalue weighted by Gasteiger charge is 2.08. The van der Waals surface area contributed by atoms with Gasteiger partial charge in [-0.25, -0.2) is 9.50 Å². The third-order valence-electron chi connectivity index (χ3n) is 3.04. The molecule has 0 aromatic carbocycles. The fourth-order valence-electron chi connectivity index (χ4n) is 1.99. The molecule has 0 bridgehead atoms. The van der Waals surface area contributed by atoms with Crippen LogP contribution in [-0.4, -0.2) is 38.8 Å². The van der Waals surface area contributed by atoms with E-state index in [0.29, 0.717) is 6.42 Å². The molecule has 2 heterocycles. The van der Waals surface area contributed by atoms with Crippen LogP contribution in [0.25, 0.3) is 5.65 Å². The first-order chi connectivity index (χ1) is 9.13. The summed E-state index contributed by atoms with van der Waals surface area (Å²) in [5, 5.41) is 13.2.